The Bertz CT molecular complexity index is 529. The highest BCUT2D eigenvalue weighted by molar-refractivity contribution is 9.10. The Kier molecular flexibility index (Phi) is 4.36. The number of rotatable bonds is 1. The van der Waals surface area contributed by atoms with Crippen molar-refractivity contribution in [2.45, 2.75) is 37.6 Å². The average Bonchev–Trinajstić information content (AvgIpc) is 2.50. The van der Waals surface area contributed by atoms with Gasteiger partial charge in [0, 0.05) is 28.7 Å². The Labute approximate surface area is 135 Å². The molecule has 1 amide bonds. The van der Waals surface area contributed by atoms with Crippen LogP contribution in [-0.4, -0.2) is 47.9 Å². The lowest BCUT2D eigenvalue weighted by Crippen LogP contribution is -2.60. The molecule has 2 aliphatic heterocycles. The zero-order valence-corrected chi connectivity index (χ0v) is 14.2. The SMILES string of the molecule is CN1CCCCC12CCCN(C(=O)c1cccc(Br)c1)C2. The molecule has 3 rings (SSSR count). The minimum atomic E-state index is 0.175. The van der Waals surface area contributed by atoms with E-state index in [4.69, 9.17) is 0 Å². The maximum Gasteiger partial charge on any atom is 0.253 e. The van der Waals surface area contributed by atoms with E-state index in [2.05, 4.69) is 32.8 Å². The lowest BCUT2D eigenvalue weighted by atomic mass is 9.80. The number of carbonyl (C=O) groups is 1. The second-order valence-electron chi connectivity index (χ2n) is 6.44. The van der Waals surface area contributed by atoms with E-state index in [1.54, 1.807) is 0 Å². The Morgan fingerprint density at radius 1 is 1.19 bits per heavy atom. The van der Waals surface area contributed by atoms with Crippen molar-refractivity contribution in [1.82, 2.24) is 9.80 Å². The molecular formula is C17H23BrN2O. The summed E-state index contributed by atoms with van der Waals surface area (Å²) < 4.78 is 0.967. The van der Waals surface area contributed by atoms with Crippen molar-refractivity contribution in [3.63, 3.8) is 0 Å². The third-order valence-corrected chi connectivity index (χ3v) is 5.60. The van der Waals surface area contributed by atoms with E-state index in [0.29, 0.717) is 0 Å². The molecule has 0 N–H and O–H groups in total. The van der Waals surface area contributed by atoms with Crippen LogP contribution in [0.5, 0.6) is 0 Å². The van der Waals surface area contributed by atoms with Gasteiger partial charge in [-0.25, -0.2) is 0 Å². The number of piperidine rings is 2. The van der Waals surface area contributed by atoms with Crippen LogP contribution in [0.25, 0.3) is 0 Å². The number of amides is 1. The van der Waals surface area contributed by atoms with Gasteiger partial charge in [0.2, 0.25) is 0 Å². The molecule has 21 heavy (non-hydrogen) atoms. The van der Waals surface area contributed by atoms with Crippen LogP contribution in [0.2, 0.25) is 0 Å². The predicted molar refractivity (Wildman–Crippen MR) is 88.5 cm³/mol. The van der Waals surface area contributed by atoms with Crippen LogP contribution in [0, 0.1) is 0 Å². The second kappa shape index (κ2) is 6.09. The van der Waals surface area contributed by atoms with Crippen LogP contribution < -0.4 is 0 Å². The van der Waals surface area contributed by atoms with Gasteiger partial charge in [-0.05, 0) is 57.5 Å². The van der Waals surface area contributed by atoms with E-state index in [-0.39, 0.29) is 11.4 Å². The monoisotopic (exact) mass is 350 g/mol. The van der Waals surface area contributed by atoms with Gasteiger partial charge >= 0.3 is 0 Å². The summed E-state index contributed by atoms with van der Waals surface area (Å²) in [6.45, 7) is 2.94. The van der Waals surface area contributed by atoms with E-state index in [9.17, 15) is 4.79 Å². The van der Waals surface area contributed by atoms with Crippen LogP contribution >= 0.6 is 15.9 Å². The summed E-state index contributed by atoms with van der Waals surface area (Å²) in [4.78, 5) is 17.3. The third kappa shape index (κ3) is 3.02. The Hall–Kier alpha value is -0.870. The summed E-state index contributed by atoms with van der Waals surface area (Å²) in [6, 6.07) is 7.74. The van der Waals surface area contributed by atoms with Gasteiger partial charge in [0.25, 0.3) is 5.91 Å². The fourth-order valence-electron chi connectivity index (χ4n) is 3.84. The summed E-state index contributed by atoms with van der Waals surface area (Å²) in [7, 11) is 2.23. The fourth-order valence-corrected chi connectivity index (χ4v) is 4.24. The molecule has 1 spiro atoms. The van der Waals surface area contributed by atoms with Crippen molar-refractivity contribution in [2.24, 2.45) is 0 Å². The van der Waals surface area contributed by atoms with Crippen LogP contribution in [0.4, 0.5) is 0 Å². The molecule has 1 atom stereocenters. The van der Waals surface area contributed by atoms with Gasteiger partial charge in [-0.1, -0.05) is 28.4 Å². The molecule has 0 saturated carbocycles. The molecule has 2 saturated heterocycles. The molecule has 4 heteroatoms. The quantitative estimate of drug-likeness (QED) is 0.773. The second-order valence-corrected chi connectivity index (χ2v) is 7.36. The predicted octanol–water partition coefficient (Wildman–Crippen LogP) is 3.54. The molecule has 0 bridgehead atoms. The highest BCUT2D eigenvalue weighted by Crippen LogP contribution is 2.35. The molecule has 0 radical (unpaired) electrons. The summed E-state index contributed by atoms with van der Waals surface area (Å²) in [5.41, 5.74) is 1.01. The van der Waals surface area contributed by atoms with Crippen LogP contribution in [-0.2, 0) is 0 Å². The summed E-state index contributed by atoms with van der Waals surface area (Å²) in [6.07, 6.45) is 6.16. The van der Waals surface area contributed by atoms with Crippen molar-refractivity contribution in [2.75, 3.05) is 26.7 Å². The van der Waals surface area contributed by atoms with Crippen LogP contribution in [0.1, 0.15) is 42.5 Å². The first-order valence-corrected chi connectivity index (χ1v) is 8.66. The van der Waals surface area contributed by atoms with Crippen LogP contribution in [0.3, 0.4) is 0 Å². The Morgan fingerprint density at radius 2 is 2.00 bits per heavy atom. The minimum absolute atomic E-state index is 0.175. The largest absolute Gasteiger partial charge is 0.337 e. The van der Waals surface area contributed by atoms with Crippen molar-refractivity contribution in [3.05, 3.63) is 34.3 Å². The highest BCUT2D eigenvalue weighted by atomic mass is 79.9. The van der Waals surface area contributed by atoms with Gasteiger partial charge < -0.3 is 4.90 Å². The van der Waals surface area contributed by atoms with E-state index >= 15 is 0 Å². The van der Waals surface area contributed by atoms with Gasteiger partial charge in [0.1, 0.15) is 0 Å². The number of halogens is 1. The Balaban J connectivity index is 1.78. The number of likely N-dealkylation sites (tertiary alicyclic amines) is 2. The standard InChI is InChI=1S/C17H23BrN2O/c1-19-10-3-2-8-17(19)9-5-11-20(13-17)16(21)14-6-4-7-15(18)12-14/h4,6-7,12H,2-3,5,8-11,13H2,1H3. The smallest absolute Gasteiger partial charge is 0.253 e. The maximum absolute atomic E-state index is 12.8. The van der Waals surface area contributed by atoms with E-state index < -0.39 is 0 Å². The van der Waals surface area contributed by atoms with Gasteiger partial charge in [-0.2, -0.15) is 0 Å². The number of hydrogen-bond donors (Lipinski definition) is 0. The van der Waals surface area contributed by atoms with Gasteiger partial charge in [-0.3, -0.25) is 9.69 Å². The molecule has 0 aliphatic carbocycles. The van der Waals surface area contributed by atoms with Crippen molar-refractivity contribution in [1.29, 1.82) is 0 Å². The van der Waals surface area contributed by atoms with E-state index in [1.165, 1.54) is 32.2 Å². The van der Waals surface area contributed by atoms with Gasteiger partial charge in [-0.15, -0.1) is 0 Å². The lowest BCUT2D eigenvalue weighted by Gasteiger charge is -2.51. The molecule has 3 nitrogen and oxygen atoms in total. The lowest BCUT2D eigenvalue weighted by molar-refractivity contribution is 0.00301. The summed E-state index contributed by atoms with van der Waals surface area (Å²) >= 11 is 3.46. The number of benzene rings is 1. The number of hydrogen-bond acceptors (Lipinski definition) is 2. The first-order chi connectivity index (χ1) is 10.1. The molecule has 2 fully saturated rings. The van der Waals surface area contributed by atoms with Crippen molar-refractivity contribution >= 4 is 21.8 Å². The molecule has 1 aromatic carbocycles. The van der Waals surface area contributed by atoms with Crippen LogP contribution in [0.15, 0.2) is 28.7 Å². The zero-order valence-electron chi connectivity index (χ0n) is 12.6. The number of nitrogens with zero attached hydrogens (tertiary/aromatic N) is 2. The Morgan fingerprint density at radius 3 is 2.76 bits per heavy atom. The number of carbonyl (C=O) groups excluding carboxylic acids is 1. The first kappa shape index (κ1) is 15.0. The third-order valence-electron chi connectivity index (χ3n) is 5.11. The zero-order chi connectivity index (χ0) is 14.9. The molecule has 0 aromatic heterocycles. The average molecular weight is 351 g/mol. The summed E-state index contributed by atoms with van der Waals surface area (Å²) in [5.74, 6) is 0.175. The van der Waals surface area contributed by atoms with Crippen molar-refractivity contribution in [3.8, 4) is 0 Å². The maximum atomic E-state index is 12.8. The normalized spacial score (nSPS) is 27.0. The molecule has 114 valence electrons. The van der Waals surface area contributed by atoms with Crippen molar-refractivity contribution < 1.29 is 4.79 Å². The molecule has 2 heterocycles. The molecular weight excluding hydrogens is 328 g/mol. The minimum Gasteiger partial charge on any atom is -0.337 e. The molecule has 1 unspecified atom stereocenters. The van der Waals surface area contributed by atoms with E-state index in [0.717, 1.165) is 29.5 Å². The van der Waals surface area contributed by atoms with E-state index in [1.807, 2.05) is 24.3 Å². The fraction of sp³-hybridized carbons (Fsp3) is 0.588. The molecule has 1 aromatic rings. The number of likely N-dealkylation sites (N-methyl/N-ethyl adjacent to an activating group) is 1. The first-order valence-electron chi connectivity index (χ1n) is 7.87. The van der Waals surface area contributed by atoms with Gasteiger partial charge in [0.05, 0.1) is 0 Å². The molecule has 2 aliphatic rings. The summed E-state index contributed by atoms with van der Waals surface area (Å²) in [5, 5.41) is 0. The highest BCUT2D eigenvalue weighted by Gasteiger charge is 2.41. The van der Waals surface area contributed by atoms with Gasteiger partial charge in [0.15, 0.2) is 0 Å². The topological polar surface area (TPSA) is 23.6 Å².